The van der Waals surface area contributed by atoms with Gasteiger partial charge in [-0.2, -0.15) is 0 Å². The Morgan fingerprint density at radius 3 is 2.86 bits per heavy atom. The van der Waals surface area contributed by atoms with Crippen LogP contribution in [0.3, 0.4) is 0 Å². The van der Waals surface area contributed by atoms with E-state index in [-0.39, 0.29) is 5.91 Å². The van der Waals surface area contributed by atoms with Crippen LogP contribution in [0.4, 0.5) is 5.13 Å². The standard InChI is InChI=1S/C15H16N2O3S2/c1-4-20-14(19)12-9(2)16-15(22-12)17-13(18)10-6-5-7-11(8-10)21-3/h5-8H,4H2,1-3H3,(H,16,17,18). The molecule has 0 saturated heterocycles. The average Bonchev–Trinajstić information content (AvgIpc) is 2.88. The van der Waals surface area contributed by atoms with Crippen molar-refractivity contribution in [3.63, 3.8) is 0 Å². The predicted molar refractivity (Wildman–Crippen MR) is 89.0 cm³/mol. The minimum atomic E-state index is -0.414. The fourth-order valence-corrected chi connectivity index (χ4v) is 3.08. The first-order valence-electron chi connectivity index (χ1n) is 6.65. The molecular formula is C15H16N2O3S2. The van der Waals surface area contributed by atoms with Gasteiger partial charge in [0.05, 0.1) is 12.3 Å². The molecule has 1 aromatic carbocycles. The van der Waals surface area contributed by atoms with E-state index in [1.165, 1.54) is 0 Å². The van der Waals surface area contributed by atoms with Gasteiger partial charge in [0.2, 0.25) is 0 Å². The Balaban J connectivity index is 2.15. The molecule has 0 saturated carbocycles. The number of amides is 1. The molecule has 0 bridgehead atoms. The summed E-state index contributed by atoms with van der Waals surface area (Å²) in [6.45, 7) is 3.77. The predicted octanol–water partition coefficient (Wildman–Crippen LogP) is 3.60. The van der Waals surface area contributed by atoms with Gasteiger partial charge in [-0.05, 0) is 38.3 Å². The van der Waals surface area contributed by atoms with Gasteiger partial charge in [0.25, 0.3) is 5.91 Å². The first-order chi connectivity index (χ1) is 10.5. The normalized spacial score (nSPS) is 10.3. The zero-order valence-electron chi connectivity index (χ0n) is 12.5. The number of hydrogen-bond donors (Lipinski definition) is 1. The number of benzene rings is 1. The van der Waals surface area contributed by atoms with E-state index in [4.69, 9.17) is 4.74 Å². The average molecular weight is 336 g/mol. The van der Waals surface area contributed by atoms with Crippen molar-refractivity contribution in [3.05, 3.63) is 40.4 Å². The fraction of sp³-hybridized carbons (Fsp3) is 0.267. The molecular weight excluding hydrogens is 320 g/mol. The van der Waals surface area contributed by atoms with E-state index in [0.29, 0.717) is 27.9 Å². The molecule has 1 heterocycles. The van der Waals surface area contributed by atoms with E-state index in [1.54, 1.807) is 31.7 Å². The van der Waals surface area contributed by atoms with E-state index < -0.39 is 5.97 Å². The number of nitrogens with one attached hydrogen (secondary N) is 1. The molecule has 1 N–H and O–H groups in total. The molecule has 0 spiro atoms. The number of hydrogen-bond acceptors (Lipinski definition) is 6. The minimum absolute atomic E-state index is 0.250. The molecule has 116 valence electrons. The van der Waals surface area contributed by atoms with Crippen LogP contribution in [-0.4, -0.2) is 29.7 Å². The number of thioether (sulfide) groups is 1. The maximum Gasteiger partial charge on any atom is 0.350 e. The lowest BCUT2D eigenvalue weighted by Gasteiger charge is -2.03. The van der Waals surface area contributed by atoms with Crippen LogP contribution in [0.2, 0.25) is 0 Å². The lowest BCUT2D eigenvalue weighted by atomic mass is 10.2. The van der Waals surface area contributed by atoms with E-state index in [9.17, 15) is 9.59 Å². The number of anilines is 1. The Morgan fingerprint density at radius 2 is 2.18 bits per heavy atom. The summed E-state index contributed by atoms with van der Waals surface area (Å²) in [6, 6.07) is 7.32. The lowest BCUT2D eigenvalue weighted by molar-refractivity contribution is 0.0531. The highest BCUT2D eigenvalue weighted by atomic mass is 32.2. The minimum Gasteiger partial charge on any atom is -0.462 e. The molecule has 2 rings (SSSR count). The van der Waals surface area contributed by atoms with E-state index in [2.05, 4.69) is 10.3 Å². The third kappa shape index (κ3) is 3.86. The Morgan fingerprint density at radius 1 is 1.41 bits per heavy atom. The topological polar surface area (TPSA) is 68.3 Å². The number of esters is 1. The van der Waals surface area contributed by atoms with Gasteiger partial charge in [-0.3, -0.25) is 10.1 Å². The second kappa shape index (κ2) is 7.42. The number of thiazole rings is 1. The number of aryl methyl sites for hydroxylation is 1. The zero-order chi connectivity index (χ0) is 16.1. The third-order valence-corrected chi connectivity index (χ3v) is 4.59. The Labute approximate surface area is 137 Å². The van der Waals surface area contributed by atoms with Crippen LogP contribution < -0.4 is 5.32 Å². The number of carbonyl (C=O) groups is 2. The highest BCUT2D eigenvalue weighted by Crippen LogP contribution is 2.24. The molecule has 0 fully saturated rings. The number of carbonyl (C=O) groups excluding carboxylic acids is 2. The highest BCUT2D eigenvalue weighted by Gasteiger charge is 2.18. The number of nitrogens with zero attached hydrogens (tertiary/aromatic N) is 1. The molecule has 0 aliphatic rings. The van der Waals surface area contributed by atoms with Gasteiger partial charge in [-0.15, -0.1) is 11.8 Å². The van der Waals surface area contributed by atoms with Crippen molar-refractivity contribution < 1.29 is 14.3 Å². The van der Waals surface area contributed by atoms with Crippen LogP contribution >= 0.6 is 23.1 Å². The van der Waals surface area contributed by atoms with Crippen molar-refractivity contribution in [1.29, 1.82) is 0 Å². The van der Waals surface area contributed by atoms with Gasteiger partial charge >= 0.3 is 5.97 Å². The SMILES string of the molecule is CCOC(=O)c1sc(NC(=O)c2cccc(SC)c2)nc1C. The Kier molecular flexibility index (Phi) is 5.57. The second-order valence-corrected chi connectivity index (χ2v) is 6.22. The first kappa shape index (κ1) is 16.5. The molecule has 0 radical (unpaired) electrons. The van der Waals surface area contributed by atoms with Gasteiger partial charge < -0.3 is 4.74 Å². The molecule has 7 heteroatoms. The summed E-state index contributed by atoms with van der Waals surface area (Å²) in [7, 11) is 0. The molecule has 2 aromatic rings. The Bertz CT molecular complexity index is 698. The van der Waals surface area contributed by atoms with Gasteiger partial charge in [0, 0.05) is 10.5 Å². The highest BCUT2D eigenvalue weighted by molar-refractivity contribution is 7.98. The van der Waals surface area contributed by atoms with Crippen molar-refractivity contribution in [2.24, 2.45) is 0 Å². The van der Waals surface area contributed by atoms with Gasteiger partial charge in [-0.25, -0.2) is 9.78 Å². The summed E-state index contributed by atoms with van der Waals surface area (Å²) in [6.07, 6.45) is 1.95. The molecule has 0 aliphatic heterocycles. The van der Waals surface area contributed by atoms with Gasteiger partial charge in [0.1, 0.15) is 4.88 Å². The van der Waals surface area contributed by atoms with Crippen molar-refractivity contribution in [2.45, 2.75) is 18.7 Å². The molecule has 22 heavy (non-hydrogen) atoms. The van der Waals surface area contributed by atoms with Gasteiger partial charge in [-0.1, -0.05) is 17.4 Å². The summed E-state index contributed by atoms with van der Waals surface area (Å²) < 4.78 is 4.96. The smallest absolute Gasteiger partial charge is 0.350 e. The Hall–Kier alpha value is -1.86. The molecule has 0 unspecified atom stereocenters. The largest absolute Gasteiger partial charge is 0.462 e. The molecule has 0 aliphatic carbocycles. The zero-order valence-corrected chi connectivity index (χ0v) is 14.1. The van der Waals surface area contributed by atoms with Crippen LogP contribution in [0.25, 0.3) is 0 Å². The van der Waals surface area contributed by atoms with Gasteiger partial charge in [0.15, 0.2) is 5.13 Å². The number of rotatable bonds is 5. The summed E-state index contributed by atoms with van der Waals surface area (Å²) in [5.41, 5.74) is 1.11. The van der Waals surface area contributed by atoms with Crippen LogP contribution in [0.1, 0.15) is 32.6 Å². The van der Waals surface area contributed by atoms with Crippen LogP contribution in [-0.2, 0) is 4.74 Å². The van der Waals surface area contributed by atoms with Crippen molar-refractivity contribution in [1.82, 2.24) is 4.98 Å². The number of ether oxygens (including phenoxy) is 1. The fourth-order valence-electron chi connectivity index (χ4n) is 1.77. The maximum absolute atomic E-state index is 12.2. The molecule has 1 amide bonds. The lowest BCUT2D eigenvalue weighted by Crippen LogP contribution is -2.11. The molecule has 0 atom stereocenters. The third-order valence-electron chi connectivity index (χ3n) is 2.81. The number of aromatic nitrogens is 1. The van der Waals surface area contributed by atoms with E-state index in [0.717, 1.165) is 16.2 Å². The van der Waals surface area contributed by atoms with Crippen molar-refractivity contribution in [3.8, 4) is 0 Å². The first-order valence-corrected chi connectivity index (χ1v) is 8.69. The monoisotopic (exact) mass is 336 g/mol. The molecule has 5 nitrogen and oxygen atoms in total. The molecule has 1 aromatic heterocycles. The van der Waals surface area contributed by atoms with Crippen LogP contribution in [0.5, 0.6) is 0 Å². The quantitative estimate of drug-likeness (QED) is 0.667. The van der Waals surface area contributed by atoms with E-state index >= 15 is 0 Å². The van der Waals surface area contributed by atoms with Crippen LogP contribution in [0.15, 0.2) is 29.2 Å². The van der Waals surface area contributed by atoms with Crippen molar-refractivity contribution >= 4 is 40.1 Å². The van der Waals surface area contributed by atoms with Crippen LogP contribution in [0, 0.1) is 6.92 Å². The summed E-state index contributed by atoms with van der Waals surface area (Å²) in [5.74, 6) is -0.664. The summed E-state index contributed by atoms with van der Waals surface area (Å²) >= 11 is 2.69. The second-order valence-electron chi connectivity index (χ2n) is 4.34. The van der Waals surface area contributed by atoms with Crippen molar-refractivity contribution in [2.75, 3.05) is 18.2 Å². The van der Waals surface area contributed by atoms with E-state index in [1.807, 2.05) is 24.5 Å². The summed E-state index contributed by atoms with van der Waals surface area (Å²) in [5, 5.41) is 3.11. The maximum atomic E-state index is 12.2. The summed E-state index contributed by atoms with van der Waals surface area (Å²) in [4.78, 5) is 29.6.